The van der Waals surface area contributed by atoms with E-state index in [0.717, 1.165) is 43.4 Å². The zero-order valence-corrected chi connectivity index (χ0v) is 18.4. The van der Waals surface area contributed by atoms with Crippen molar-refractivity contribution in [2.45, 2.75) is 83.8 Å². The molecule has 0 saturated heterocycles. The number of hydrogen-bond donors (Lipinski definition) is 1. The number of nitrogens with zero attached hydrogens (tertiary/aromatic N) is 3. The van der Waals surface area contributed by atoms with Gasteiger partial charge in [-0.1, -0.05) is 6.92 Å². The first-order valence-corrected chi connectivity index (χ1v) is 12.0. The largest absolute Gasteiger partial charge is 0.390 e. The number of aromatic nitrogens is 2. The van der Waals surface area contributed by atoms with Crippen LogP contribution in [0.2, 0.25) is 0 Å². The summed E-state index contributed by atoms with van der Waals surface area (Å²) in [6, 6.07) is 2.09. The van der Waals surface area contributed by atoms with Gasteiger partial charge in [0.1, 0.15) is 6.07 Å². The van der Waals surface area contributed by atoms with E-state index in [-0.39, 0.29) is 11.3 Å². The van der Waals surface area contributed by atoms with Crippen molar-refractivity contribution in [2.24, 2.45) is 40.9 Å². The minimum absolute atomic E-state index is 0.121. The molecule has 8 atom stereocenters. The lowest BCUT2D eigenvalue weighted by molar-refractivity contribution is -0.133. The first-order valence-electron chi connectivity index (χ1n) is 12.0. The third-order valence-corrected chi connectivity index (χ3v) is 9.71. The number of aliphatic hydroxyl groups is 1. The number of rotatable bonds is 3. The predicted octanol–water partition coefficient (Wildman–Crippen LogP) is 4.34. The van der Waals surface area contributed by atoms with Gasteiger partial charge >= 0.3 is 0 Å². The molecule has 1 aromatic rings. The van der Waals surface area contributed by atoms with Crippen molar-refractivity contribution < 1.29 is 9.90 Å². The van der Waals surface area contributed by atoms with Crippen LogP contribution in [0.4, 0.5) is 0 Å². The molecule has 162 valence electrons. The fraction of sp³-hybridized carbons (Fsp3) is 0.800. The Balaban J connectivity index is 1.30. The van der Waals surface area contributed by atoms with Crippen molar-refractivity contribution in [1.29, 1.82) is 5.26 Å². The lowest BCUT2D eigenvalue weighted by atomic mass is 9.49. The fourth-order valence-corrected chi connectivity index (χ4v) is 8.39. The first-order chi connectivity index (χ1) is 14.3. The number of hydrogen-bond acceptors (Lipinski definition) is 4. The second kappa shape index (κ2) is 7.19. The molecule has 5 nitrogen and oxygen atoms in total. The SMILES string of the molecule is CC12CC[C@@H]3C4CC[C@@](C)(O)CC4CCC3[C@@H]1CC[C@@H]2C(=O)Cn1cc(C#N)cn1. The monoisotopic (exact) mass is 409 g/mol. The quantitative estimate of drug-likeness (QED) is 0.805. The maximum Gasteiger partial charge on any atom is 0.157 e. The number of carbonyl (C=O) groups excluding carboxylic acids is 1. The molecule has 0 amide bonds. The molecule has 5 heteroatoms. The molecule has 4 unspecified atom stereocenters. The Kier molecular flexibility index (Phi) is 4.85. The van der Waals surface area contributed by atoms with Gasteiger partial charge in [0.25, 0.3) is 0 Å². The van der Waals surface area contributed by atoms with Crippen molar-refractivity contribution in [2.75, 3.05) is 0 Å². The second-order valence-corrected chi connectivity index (χ2v) is 11.4. The van der Waals surface area contributed by atoms with Crippen molar-refractivity contribution in [3.05, 3.63) is 18.0 Å². The van der Waals surface area contributed by atoms with Crippen LogP contribution in [0.1, 0.15) is 77.2 Å². The molecule has 1 heterocycles. The van der Waals surface area contributed by atoms with E-state index in [2.05, 4.69) is 18.1 Å². The summed E-state index contributed by atoms with van der Waals surface area (Å²) in [5.74, 6) is 4.15. The molecule has 30 heavy (non-hydrogen) atoms. The lowest BCUT2D eigenvalue weighted by Crippen LogP contribution is -2.51. The number of nitriles is 1. The van der Waals surface area contributed by atoms with E-state index in [1.165, 1.54) is 38.3 Å². The van der Waals surface area contributed by atoms with Crippen LogP contribution >= 0.6 is 0 Å². The Hall–Kier alpha value is -1.67. The molecular formula is C25H35N3O2. The van der Waals surface area contributed by atoms with Crippen LogP contribution in [0.25, 0.3) is 0 Å². The second-order valence-electron chi connectivity index (χ2n) is 11.4. The number of Topliss-reactive ketones (excluding diaryl/α,β-unsaturated/α-hetero) is 1. The van der Waals surface area contributed by atoms with Crippen LogP contribution in [0.5, 0.6) is 0 Å². The summed E-state index contributed by atoms with van der Waals surface area (Å²) in [4.78, 5) is 13.3. The van der Waals surface area contributed by atoms with Gasteiger partial charge < -0.3 is 5.11 Å². The van der Waals surface area contributed by atoms with Crippen LogP contribution in [-0.4, -0.2) is 26.3 Å². The summed E-state index contributed by atoms with van der Waals surface area (Å²) in [5.41, 5.74) is 0.179. The summed E-state index contributed by atoms with van der Waals surface area (Å²) in [6.45, 7) is 4.72. The van der Waals surface area contributed by atoms with Crippen molar-refractivity contribution in [1.82, 2.24) is 9.78 Å². The molecule has 0 radical (unpaired) electrons. The maximum atomic E-state index is 13.3. The predicted molar refractivity (Wildman–Crippen MR) is 113 cm³/mol. The summed E-state index contributed by atoms with van der Waals surface area (Å²) in [5, 5.41) is 23.8. The van der Waals surface area contributed by atoms with Gasteiger partial charge in [0, 0.05) is 12.1 Å². The Morgan fingerprint density at radius 3 is 2.73 bits per heavy atom. The summed E-state index contributed by atoms with van der Waals surface area (Å²) in [7, 11) is 0. The molecule has 0 aliphatic heterocycles. The van der Waals surface area contributed by atoms with Crippen LogP contribution in [0.15, 0.2) is 12.4 Å². The van der Waals surface area contributed by atoms with E-state index in [9.17, 15) is 9.90 Å². The van der Waals surface area contributed by atoms with Crippen molar-refractivity contribution in [3.63, 3.8) is 0 Å². The Bertz CT molecular complexity index is 868. The van der Waals surface area contributed by atoms with Gasteiger partial charge in [0.15, 0.2) is 5.78 Å². The minimum atomic E-state index is -0.458. The molecule has 4 saturated carbocycles. The van der Waals surface area contributed by atoms with Crippen LogP contribution in [0.3, 0.4) is 0 Å². The van der Waals surface area contributed by atoms with Crippen LogP contribution in [-0.2, 0) is 11.3 Å². The van der Waals surface area contributed by atoms with E-state index in [1.54, 1.807) is 10.9 Å². The average Bonchev–Trinajstić information content (AvgIpc) is 3.30. The standard InChI is InChI=1S/C25H35N3O2/c1-24(30)9-7-18-17(11-24)3-4-20-19(18)8-10-25(2)21(20)5-6-22(25)23(29)15-28-14-16(12-26)13-27-28/h13-14,17-22,30H,3-11,15H2,1-2H3/t17?,18?,19-,20?,21+,22-,24-,25?/m1/s1. The molecule has 0 bridgehead atoms. The van der Waals surface area contributed by atoms with Crippen LogP contribution < -0.4 is 0 Å². The van der Waals surface area contributed by atoms with Gasteiger partial charge in [0.2, 0.25) is 0 Å². The third kappa shape index (κ3) is 3.23. The summed E-state index contributed by atoms with van der Waals surface area (Å²) >= 11 is 0. The lowest BCUT2D eigenvalue weighted by Gasteiger charge is -2.56. The molecule has 0 aromatic carbocycles. The topological polar surface area (TPSA) is 78.9 Å². The van der Waals surface area contributed by atoms with E-state index in [4.69, 9.17) is 5.26 Å². The van der Waals surface area contributed by atoms with Gasteiger partial charge in [0.05, 0.1) is 23.9 Å². The highest BCUT2D eigenvalue weighted by atomic mass is 16.3. The number of carbonyl (C=O) groups is 1. The molecule has 5 rings (SSSR count). The van der Waals surface area contributed by atoms with Gasteiger partial charge in [-0.05, 0) is 99.7 Å². The average molecular weight is 410 g/mol. The highest BCUT2D eigenvalue weighted by Crippen LogP contribution is 2.64. The minimum Gasteiger partial charge on any atom is -0.390 e. The highest BCUT2D eigenvalue weighted by Gasteiger charge is 2.58. The molecule has 1 aromatic heterocycles. The van der Waals surface area contributed by atoms with Crippen molar-refractivity contribution in [3.8, 4) is 6.07 Å². The van der Waals surface area contributed by atoms with E-state index in [1.807, 2.05) is 6.92 Å². The Morgan fingerprint density at radius 2 is 1.97 bits per heavy atom. The first kappa shape index (κ1) is 20.2. The van der Waals surface area contributed by atoms with Gasteiger partial charge in [-0.25, -0.2) is 0 Å². The van der Waals surface area contributed by atoms with E-state index < -0.39 is 5.60 Å². The number of fused-ring (bicyclic) bond motifs is 5. The van der Waals surface area contributed by atoms with Gasteiger partial charge in [-0.2, -0.15) is 10.4 Å². The van der Waals surface area contributed by atoms with Gasteiger partial charge in [-0.15, -0.1) is 0 Å². The van der Waals surface area contributed by atoms with Crippen LogP contribution in [0, 0.1) is 52.3 Å². The van der Waals surface area contributed by atoms with E-state index in [0.29, 0.717) is 29.7 Å². The Morgan fingerprint density at radius 1 is 1.17 bits per heavy atom. The Labute approximate surface area is 179 Å². The van der Waals surface area contributed by atoms with E-state index >= 15 is 0 Å². The molecular weight excluding hydrogens is 374 g/mol. The third-order valence-electron chi connectivity index (χ3n) is 9.71. The zero-order chi connectivity index (χ0) is 21.1. The van der Waals surface area contributed by atoms with Crippen molar-refractivity contribution >= 4 is 5.78 Å². The number of ketones is 1. The summed E-state index contributed by atoms with van der Waals surface area (Å²) in [6.07, 6.45) is 13.5. The molecule has 4 fully saturated rings. The molecule has 0 spiro atoms. The van der Waals surface area contributed by atoms with Gasteiger partial charge in [-0.3, -0.25) is 9.48 Å². The zero-order valence-electron chi connectivity index (χ0n) is 18.4. The highest BCUT2D eigenvalue weighted by molar-refractivity contribution is 5.82. The smallest absolute Gasteiger partial charge is 0.157 e. The maximum absolute atomic E-state index is 13.3. The summed E-state index contributed by atoms with van der Waals surface area (Å²) < 4.78 is 1.64. The normalized spacial score (nSPS) is 45.1. The fourth-order valence-electron chi connectivity index (χ4n) is 8.39. The molecule has 4 aliphatic carbocycles. The molecule has 1 N–H and O–H groups in total. The molecule has 4 aliphatic rings.